The zero-order valence-electron chi connectivity index (χ0n) is 9.11. The van der Waals surface area contributed by atoms with Gasteiger partial charge in [0.15, 0.2) is 0 Å². The highest BCUT2D eigenvalue weighted by molar-refractivity contribution is 7.12. The molecule has 0 atom stereocenters. The molecule has 1 amide bonds. The van der Waals surface area contributed by atoms with Crippen molar-refractivity contribution < 1.29 is 4.79 Å². The number of aromatic nitrogens is 2. The first kappa shape index (κ1) is 11.3. The number of amides is 1. The molecule has 0 aliphatic heterocycles. The van der Waals surface area contributed by atoms with E-state index in [1.165, 1.54) is 11.3 Å². The molecule has 18 heavy (non-hydrogen) atoms. The summed E-state index contributed by atoms with van der Waals surface area (Å²) in [7, 11) is 0. The molecule has 2 aromatic heterocycles. The van der Waals surface area contributed by atoms with E-state index < -0.39 is 0 Å². The molecule has 0 unspecified atom stereocenters. The van der Waals surface area contributed by atoms with Gasteiger partial charge in [-0.2, -0.15) is 0 Å². The number of carbonyl (C=O) groups is 1. The molecule has 4 nitrogen and oxygen atoms in total. The van der Waals surface area contributed by atoms with Crippen LogP contribution < -0.4 is 5.32 Å². The van der Waals surface area contributed by atoms with Gasteiger partial charge in [0.1, 0.15) is 4.88 Å². The van der Waals surface area contributed by atoms with Crippen LogP contribution >= 0.6 is 22.9 Å². The van der Waals surface area contributed by atoms with Crippen LogP contribution in [0.4, 0.5) is 5.95 Å². The van der Waals surface area contributed by atoms with Crippen LogP contribution in [0.15, 0.2) is 35.7 Å². The Morgan fingerprint density at radius 1 is 1.33 bits per heavy atom. The van der Waals surface area contributed by atoms with Crippen molar-refractivity contribution in [3.05, 3.63) is 45.6 Å². The van der Waals surface area contributed by atoms with Gasteiger partial charge in [0, 0.05) is 0 Å². The van der Waals surface area contributed by atoms with Gasteiger partial charge in [-0.05, 0) is 23.6 Å². The summed E-state index contributed by atoms with van der Waals surface area (Å²) in [5, 5.41) is 4.92. The van der Waals surface area contributed by atoms with E-state index in [4.69, 9.17) is 11.6 Å². The molecule has 3 rings (SSSR count). The summed E-state index contributed by atoms with van der Waals surface area (Å²) in [4.78, 5) is 19.7. The molecule has 0 spiro atoms. The molecule has 0 bridgehead atoms. The van der Waals surface area contributed by atoms with Gasteiger partial charge in [-0.25, -0.2) is 4.98 Å². The Labute approximate surface area is 112 Å². The molecule has 0 fully saturated rings. The second kappa shape index (κ2) is 4.44. The SMILES string of the molecule is O=C(Nc1nc2ccccc2[nH]1)c1sccc1Cl. The average molecular weight is 278 g/mol. The molecule has 0 aliphatic rings. The number of para-hydroxylation sites is 2. The molecular formula is C12H8ClN3OS. The third-order valence-electron chi connectivity index (χ3n) is 2.44. The van der Waals surface area contributed by atoms with E-state index in [-0.39, 0.29) is 5.91 Å². The largest absolute Gasteiger partial charge is 0.324 e. The topological polar surface area (TPSA) is 57.8 Å². The molecule has 0 saturated heterocycles. The Morgan fingerprint density at radius 2 is 2.17 bits per heavy atom. The molecule has 6 heteroatoms. The second-order valence-corrected chi connectivity index (χ2v) is 4.98. The molecule has 3 aromatic rings. The van der Waals surface area contributed by atoms with Crippen LogP contribution in [-0.4, -0.2) is 15.9 Å². The minimum atomic E-state index is -0.256. The van der Waals surface area contributed by atoms with Crippen molar-refractivity contribution in [1.82, 2.24) is 9.97 Å². The van der Waals surface area contributed by atoms with Crippen molar-refractivity contribution in [2.45, 2.75) is 0 Å². The third kappa shape index (κ3) is 1.98. The maximum Gasteiger partial charge on any atom is 0.269 e. The van der Waals surface area contributed by atoms with Crippen LogP contribution in [0.25, 0.3) is 11.0 Å². The Hall–Kier alpha value is -1.85. The number of benzene rings is 1. The number of anilines is 1. The number of rotatable bonds is 2. The van der Waals surface area contributed by atoms with Crippen molar-refractivity contribution in [2.75, 3.05) is 5.32 Å². The number of nitrogens with one attached hydrogen (secondary N) is 2. The van der Waals surface area contributed by atoms with Gasteiger partial charge >= 0.3 is 0 Å². The lowest BCUT2D eigenvalue weighted by molar-refractivity contribution is 0.103. The lowest BCUT2D eigenvalue weighted by Crippen LogP contribution is -2.11. The first-order chi connectivity index (χ1) is 8.74. The third-order valence-corrected chi connectivity index (χ3v) is 3.78. The van der Waals surface area contributed by atoms with Crippen molar-refractivity contribution in [3.63, 3.8) is 0 Å². The van der Waals surface area contributed by atoms with Gasteiger partial charge < -0.3 is 4.98 Å². The van der Waals surface area contributed by atoms with Crippen molar-refractivity contribution in [3.8, 4) is 0 Å². The summed E-state index contributed by atoms with van der Waals surface area (Å²) < 4.78 is 0. The van der Waals surface area contributed by atoms with E-state index in [1.807, 2.05) is 24.3 Å². The Morgan fingerprint density at radius 3 is 2.89 bits per heavy atom. The molecule has 1 aromatic carbocycles. The fourth-order valence-electron chi connectivity index (χ4n) is 1.63. The Bertz CT molecular complexity index is 686. The van der Waals surface area contributed by atoms with Crippen LogP contribution in [0, 0.1) is 0 Å². The molecule has 2 N–H and O–H groups in total. The number of hydrogen-bond donors (Lipinski definition) is 2. The van der Waals surface area contributed by atoms with Gasteiger partial charge in [0.05, 0.1) is 16.1 Å². The summed E-state index contributed by atoms with van der Waals surface area (Å²) in [6.45, 7) is 0. The monoisotopic (exact) mass is 277 g/mol. The fraction of sp³-hybridized carbons (Fsp3) is 0. The maximum absolute atomic E-state index is 11.9. The minimum Gasteiger partial charge on any atom is -0.324 e. The summed E-state index contributed by atoms with van der Waals surface area (Å²) in [6, 6.07) is 9.27. The van der Waals surface area contributed by atoms with Gasteiger partial charge in [-0.15, -0.1) is 11.3 Å². The standard InChI is InChI=1S/C12H8ClN3OS/c13-7-5-6-18-10(7)11(17)16-12-14-8-3-1-2-4-9(8)15-12/h1-6H,(H2,14,15,16,17). The van der Waals surface area contributed by atoms with Crippen LogP contribution in [0.3, 0.4) is 0 Å². The smallest absolute Gasteiger partial charge is 0.269 e. The normalized spacial score (nSPS) is 10.7. The summed E-state index contributed by atoms with van der Waals surface area (Å²) in [5.41, 5.74) is 1.69. The molecule has 0 aliphatic carbocycles. The highest BCUT2D eigenvalue weighted by atomic mass is 35.5. The average Bonchev–Trinajstić information content (AvgIpc) is 2.94. The molecule has 0 radical (unpaired) electrons. The number of carbonyl (C=O) groups excluding carboxylic acids is 1. The van der Waals surface area contributed by atoms with Gasteiger partial charge in [-0.3, -0.25) is 10.1 Å². The zero-order chi connectivity index (χ0) is 12.5. The molecule has 0 saturated carbocycles. The quantitative estimate of drug-likeness (QED) is 0.753. The number of halogens is 1. The summed E-state index contributed by atoms with van der Waals surface area (Å²) in [6.07, 6.45) is 0. The minimum absolute atomic E-state index is 0.256. The van der Waals surface area contributed by atoms with Gasteiger partial charge in [0.25, 0.3) is 5.91 Å². The van der Waals surface area contributed by atoms with Gasteiger partial charge in [-0.1, -0.05) is 23.7 Å². The predicted molar refractivity (Wildman–Crippen MR) is 73.4 cm³/mol. The Balaban J connectivity index is 1.88. The highest BCUT2D eigenvalue weighted by Crippen LogP contribution is 2.23. The number of imidazole rings is 1. The number of nitrogens with zero attached hydrogens (tertiary/aromatic N) is 1. The first-order valence-corrected chi connectivity index (χ1v) is 6.49. The zero-order valence-corrected chi connectivity index (χ0v) is 10.7. The number of thiophene rings is 1. The highest BCUT2D eigenvalue weighted by Gasteiger charge is 2.13. The van der Waals surface area contributed by atoms with E-state index in [1.54, 1.807) is 11.4 Å². The Kier molecular flexibility index (Phi) is 2.77. The number of aromatic amines is 1. The van der Waals surface area contributed by atoms with Gasteiger partial charge in [0.2, 0.25) is 5.95 Å². The predicted octanol–water partition coefficient (Wildman–Crippen LogP) is 3.53. The summed E-state index contributed by atoms with van der Waals surface area (Å²) in [5.74, 6) is 0.166. The van der Waals surface area contributed by atoms with E-state index in [2.05, 4.69) is 15.3 Å². The van der Waals surface area contributed by atoms with Crippen LogP contribution in [-0.2, 0) is 0 Å². The van der Waals surface area contributed by atoms with E-state index in [0.717, 1.165) is 11.0 Å². The van der Waals surface area contributed by atoms with Crippen molar-refractivity contribution in [2.24, 2.45) is 0 Å². The number of fused-ring (bicyclic) bond motifs is 1. The van der Waals surface area contributed by atoms with E-state index in [0.29, 0.717) is 15.8 Å². The van der Waals surface area contributed by atoms with Crippen molar-refractivity contribution in [1.29, 1.82) is 0 Å². The maximum atomic E-state index is 11.9. The number of H-pyrrole nitrogens is 1. The van der Waals surface area contributed by atoms with Crippen molar-refractivity contribution >= 4 is 45.8 Å². The fourth-order valence-corrected chi connectivity index (χ4v) is 2.67. The lowest BCUT2D eigenvalue weighted by Gasteiger charge is -1.98. The lowest BCUT2D eigenvalue weighted by atomic mass is 10.3. The number of hydrogen-bond acceptors (Lipinski definition) is 3. The summed E-state index contributed by atoms with van der Waals surface area (Å²) >= 11 is 7.20. The van der Waals surface area contributed by atoms with Crippen LogP contribution in [0.2, 0.25) is 5.02 Å². The van der Waals surface area contributed by atoms with Crippen LogP contribution in [0.1, 0.15) is 9.67 Å². The molecule has 90 valence electrons. The second-order valence-electron chi connectivity index (χ2n) is 3.65. The van der Waals surface area contributed by atoms with E-state index in [9.17, 15) is 4.79 Å². The molecular weight excluding hydrogens is 270 g/mol. The van der Waals surface area contributed by atoms with Crippen LogP contribution in [0.5, 0.6) is 0 Å². The molecule has 2 heterocycles. The van der Waals surface area contributed by atoms with E-state index >= 15 is 0 Å². The first-order valence-electron chi connectivity index (χ1n) is 5.23.